The number of carbonyl (C=O) groups excluding carboxylic acids is 1. The number of rotatable bonds is 5. The van der Waals surface area contributed by atoms with Crippen molar-refractivity contribution in [2.75, 3.05) is 7.05 Å². The van der Waals surface area contributed by atoms with E-state index in [9.17, 15) is 4.79 Å². The Balaban J connectivity index is 1.43. The lowest BCUT2D eigenvalue weighted by molar-refractivity contribution is -0.121. The summed E-state index contributed by atoms with van der Waals surface area (Å²) in [6.07, 6.45) is 1.86. The number of hydrogen-bond acceptors (Lipinski definition) is 7. The van der Waals surface area contributed by atoms with Gasteiger partial charge in [-0.05, 0) is 54.9 Å². The van der Waals surface area contributed by atoms with E-state index in [4.69, 9.17) is 4.74 Å². The fourth-order valence-corrected chi connectivity index (χ4v) is 4.31. The Kier molecular flexibility index (Phi) is 5.96. The molecule has 0 saturated carbocycles. The molecule has 30 heavy (non-hydrogen) atoms. The number of hydrogen-bond donors (Lipinski definition) is 0. The molecule has 1 aliphatic rings. The van der Waals surface area contributed by atoms with Crippen molar-refractivity contribution in [3.05, 3.63) is 75.1 Å². The molecule has 2 heterocycles. The van der Waals surface area contributed by atoms with Gasteiger partial charge in [-0.2, -0.15) is 4.99 Å². The first-order valence-electron chi connectivity index (χ1n) is 9.33. The quantitative estimate of drug-likeness (QED) is 0.529. The second-order valence-corrected chi connectivity index (χ2v) is 8.99. The van der Waals surface area contributed by atoms with E-state index in [0.29, 0.717) is 21.8 Å². The van der Waals surface area contributed by atoms with Gasteiger partial charge < -0.3 is 4.74 Å². The van der Waals surface area contributed by atoms with E-state index in [2.05, 4.69) is 46.4 Å². The Morgan fingerprint density at radius 1 is 1.07 bits per heavy atom. The van der Waals surface area contributed by atoms with Crippen molar-refractivity contribution < 1.29 is 9.53 Å². The van der Waals surface area contributed by atoms with Gasteiger partial charge >= 0.3 is 0 Å². The maximum Gasteiger partial charge on any atom is 0.266 e. The number of carbonyl (C=O) groups is 1. The molecule has 6 nitrogen and oxygen atoms in total. The van der Waals surface area contributed by atoms with Crippen LogP contribution in [0.2, 0.25) is 0 Å². The Morgan fingerprint density at radius 3 is 2.47 bits per heavy atom. The lowest BCUT2D eigenvalue weighted by Crippen LogP contribution is -2.23. The van der Waals surface area contributed by atoms with Crippen LogP contribution < -0.4 is 4.74 Å². The number of benzene rings is 2. The Morgan fingerprint density at radius 2 is 1.80 bits per heavy atom. The van der Waals surface area contributed by atoms with Crippen molar-refractivity contribution in [1.82, 2.24) is 15.1 Å². The van der Waals surface area contributed by atoms with Gasteiger partial charge in [0.05, 0.1) is 4.91 Å². The summed E-state index contributed by atoms with van der Waals surface area (Å²) in [4.78, 5) is 19.2. The van der Waals surface area contributed by atoms with E-state index >= 15 is 0 Å². The van der Waals surface area contributed by atoms with Crippen LogP contribution in [0.25, 0.3) is 6.08 Å². The summed E-state index contributed by atoms with van der Waals surface area (Å²) in [6, 6.07) is 16.0. The molecule has 0 aliphatic carbocycles. The minimum atomic E-state index is -0.0836. The van der Waals surface area contributed by atoms with Crippen LogP contribution in [0.5, 0.6) is 5.75 Å². The van der Waals surface area contributed by atoms with Crippen LogP contribution >= 0.6 is 23.1 Å². The van der Waals surface area contributed by atoms with Gasteiger partial charge in [0, 0.05) is 7.05 Å². The summed E-state index contributed by atoms with van der Waals surface area (Å²) in [6.45, 7) is 4.46. The number of thioether (sulfide) groups is 1. The fourth-order valence-electron chi connectivity index (χ4n) is 2.73. The predicted molar refractivity (Wildman–Crippen MR) is 122 cm³/mol. The first-order chi connectivity index (χ1) is 14.5. The molecule has 1 fully saturated rings. The Bertz CT molecular complexity index is 1120. The van der Waals surface area contributed by atoms with Gasteiger partial charge in [-0.1, -0.05) is 53.3 Å². The molecular formula is C22H20N4O2S2. The number of ether oxygens (including phenoxy) is 1. The van der Waals surface area contributed by atoms with Gasteiger partial charge in [-0.15, -0.1) is 10.2 Å². The van der Waals surface area contributed by atoms with Gasteiger partial charge in [-0.3, -0.25) is 9.69 Å². The highest BCUT2D eigenvalue weighted by molar-refractivity contribution is 8.18. The van der Waals surface area contributed by atoms with Crippen LogP contribution in [0.15, 0.2) is 58.4 Å². The van der Waals surface area contributed by atoms with E-state index in [1.54, 1.807) is 7.05 Å². The largest absolute Gasteiger partial charge is 0.489 e. The zero-order chi connectivity index (χ0) is 21.1. The molecule has 4 rings (SSSR count). The summed E-state index contributed by atoms with van der Waals surface area (Å²) in [7, 11) is 1.71. The van der Waals surface area contributed by atoms with Crippen molar-refractivity contribution in [3.8, 4) is 5.75 Å². The Hall–Kier alpha value is -2.97. The Labute approximate surface area is 183 Å². The molecule has 152 valence electrons. The average Bonchev–Trinajstić information content (AvgIpc) is 3.27. The molecule has 8 heteroatoms. The van der Waals surface area contributed by atoms with Gasteiger partial charge in [0.1, 0.15) is 17.4 Å². The predicted octanol–water partition coefficient (Wildman–Crippen LogP) is 4.97. The van der Waals surface area contributed by atoms with E-state index in [0.717, 1.165) is 21.9 Å². The van der Waals surface area contributed by atoms with Gasteiger partial charge in [-0.25, -0.2) is 0 Å². The van der Waals surface area contributed by atoms with Crippen LogP contribution in [0.4, 0.5) is 5.13 Å². The monoisotopic (exact) mass is 436 g/mol. The number of amides is 1. The van der Waals surface area contributed by atoms with Gasteiger partial charge in [0.25, 0.3) is 5.91 Å². The molecule has 0 radical (unpaired) electrons. The highest BCUT2D eigenvalue weighted by Gasteiger charge is 2.30. The summed E-state index contributed by atoms with van der Waals surface area (Å²) < 4.78 is 5.85. The topological polar surface area (TPSA) is 67.7 Å². The average molecular weight is 437 g/mol. The second kappa shape index (κ2) is 8.81. The molecule has 3 aromatic rings. The summed E-state index contributed by atoms with van der Waals surface area (Å²) in [5.74, 6) is 0.703. The third-order valence-corrected chi connectivity index (χ3v) is 6.21. The smallest absolute Gasteiger partial charge is 0.266 e. The van der Waals surface area contributed by atoms with Crippen molar-refractivity contribution >= 4 is 45.4 Å². The van der Waals surface area contributed by atoms with Crippen molar-refractivity contribution in [3.63, 3.8) is 0 Å². The van der Waals surface area contributed by atoms with E-state index < -0.39 is 0 Å². The fraction of sp³-hybridized carbons (Fsp3) is 0.182. The standard InChI is InChI=1S/C22H20N4O2S2/c1-14-4-6-17(7-5-14)13-28-18-10-8-16(9-11-18)12-19-20(27)26(3)22(30-19)23-21-25-24-15(2)29-21/h4-12H,13H2,1-3H3/b19-12-,23-22+. The van der Waals surface area contributed by atoms with Crippen molar-refractivity contribution in [2.45, 2.75) is 20.5 Å². The number of likely N-dealkylation sites (N-methyl/N-ethyl adjacent to an activating group) is 1. The van der Waals surface area contributed by atoms with Crippen molar-refractivity contribution in [2.24, 2.45) is 4.99 Å². The summed E-state index contributed by atoms with van der Waals surface area (Å²) in [5.41, 5.74) is 3.28. The maximum absolute atomic E-state index is 12.6. The van der Waals surface area contributed by atoms with Gasteiger partial charge in [0.2, 0.25) is 5.13 Å². The van der Waals surface area contributed by atoms with E-state index in [-0.39, 0.29) is 5.91 Å². The van der Waals surface area contributed by atoms with E-state index in [1.165, 1.54) is 33.6 Å². The molecule has 1 saturated heterocycles. The maximum atomic E-state index is 12.6. The third kappa shape index (κ3) is 4.77. The number of amidine groups is 1. The summed E-state index contributed by atoms with van der Waals surface area (Å²) >= 11 is 2.73. The normalized spacial score (nSPS) is 16.6. The van der Waals surface area contributed by atoms with Crippen molar-refractivity contribution in [1.29, 1.82) is 0 Å². The first-order valence-corrected chi connectivity index (χ1v) is 11.0. The highest BCUT2D eigenvalue weighted by atomic mass is 32.2. The number of nitrogens with zero attached hydrogens (tertiary/aromatic N) is 4. The van der Waals surface area contributed by atoms with E-state index in [1.807, 2.05) is 37.3 Å². The minimum absolute atomic E-state index is 0.0836. The number of aromatic nitrogens is 2. The molecular weight excluding hydrogens is 416 g/mol. The molecule has 0 N–H and O–H groups in total. The molecule has 1 aliphatic heterocycles. The van der Waals surface area contributed by atoms with Crippen LogP contribution in [0, 0.1) is 13.8 Å². The molecule has 1 aromatic heterocycles. The SMILES string of the molecule is Cc1ccc(COc2ccc(/C=C3\S/C(=N/c4nnc(C)s4)N(C)C3=O)cc2)cc1. The zero-order valence-electron chi connectivity index (χ0n) is 16.8. The molecule has 0 bridgehead atoms. The molecule has 0 unspecified atom stereocenters. The molecule has 1 amide bonds. The third-order valence-electron chi connectivity index (χ3n) is 4.41. The first kappa shape index (κ1) is 20.3. The molecule has 0 spiro atoms. The highest BCUT2D eigenvalue weighted by Crippen LogP contribution is 2.33. The molecule has 2 aromatic carbocycles. The lowest BCUT2D eigenvalue weighted by Gasteiger charge is -2.07. The van der Waals surface area contributed by atoms with Crippen LogP contribution in [0.3, 0.4) is 0 Å². The van der Waals surface area contributed by atoms with Gasteiger partial charge in [0.15, 0.2) is 5.17 Å². The van der Waals surface area contributed by atoms with Crippen LogP contribution in [-0.2, 0) is 11.4 Å². The minimum Gasteiger partial charge on any atom is -0.489 e. The van der Waals surface area contributed by atoms with Crippen LogP contribution in [-0.4, -0.2) is 33.2 Å². The molecule has 0 atom stereocenters. The lowest BCUT2D eigenvalue weighted by atomic mass is 10.1. The number of aliphatic imine (C=N–C) groups is 1. The summed E-state index contributed by atoms with van der Waals surface area (Å²) in [5, 5.41) is 9.94. The second-order valence-electron chi connectivity index (χ2n) is 6.82. The zero-order valence-corrected chi connectivity index (χ0v) is 18.5. The number of aryl methyl sites for hydroxylation is 2. The van der Waals surface area contributed by atoms with Crippen LogP contribution in [0.1, 0.15) is 21.7 Å².